The molecule has 4 aromatic rings. The first-order valence-electron chi connectivity index (χ1n) is 18.4. The number of nitrogens with zero attached hydrogens (tertiary/aromatic N) is 5. The van der Waals surface area contributed by atoms with Crippen molar-refractivity contribution in [3.05, 3.63) is 101 Å². The molecule has 1 spiro atoms. The van der Waals surface area contributed by atoms with Crippen LogP contribution in [0.2, 0.25) is 18.6 Å². The minimum Gasteiger partial charge on any atom is -0.432 e. The van der Waals surface area contributed by atoms with Gasteiger partial charge in [-0.25, -0.2) is 0 Å². The van der Waals surface area contributed by atoms with Crippen molar-refractivity contribution in [3.63, 3.8) is 0 Å². The van der Waals surface area contributed by atoms with Crippen molar-refractivity contribution in [2.45, 2.75) is 90.3 Å². The highest BCUT2D eigenvalue weighted by Crippen LogP contribution is 2.60. The molecule has 1 aromatic heterocycles. The first-order chi connectivity index (χ1) is 24.8. The Labute approximate surface area is 306 Å². The van der Waals surface area contributed by atoms with Gasteiger partial charge in [-0.05, 0) is 88.8 Å². The van der Waals surface area contributed by atoms with E-state index < -0.39 is 20.0 Å². The molecule has 2 amide bonds. The van der Waals surface area contributed by atoms with Crippen LogP contribution in [-0.2, 0) is 28.1 Å². The first kappa shape index (κ1) is 36.0. The van der Waals surface area contributed by atoms with Gasteiger partial charge < -0.3 is 19.5 Å². The van der Waals surface area contributed by atoms with Crippen LogP contribution in [-0.4, -0.2) is 64.3 Å². The summed E-state index contributed by atoms with van der Waals surface area (Å²) >= 11 is 0. The highest BCUT2D eigenvalue weighted by Gasteiger charge is 2.66. The highest BCUT2D eigenvalue weighted by molar-refractivity contribution is 6.71. The van der Waals surface area contributed by atoms with E-state index in [9.17, 15) is 14.7 Å². The third-order valence-corrected chi connectivity index (χ3v) is 13.6. The predicted octanol–water partition coefficient (Wildman–Crippen LogP) is 7.19. The van der Waals surface area contributed by atoms with Gasteiger partial charge in [0.2, 0.25) is 0 Å². The Bertz CT molecular complexity index is 2090. The summed E-state index contributed by atoms with van der Waals surface area (Å²) in [5.74, 6) is -0.602. The molecule has 10 nitrogen and oxygen atoms in total. The van der Waals surface area contributed by atoms with Crippen LogP contribution in [0.4, 0.5) is 17.1 Å². The molecule has 0 aliphatic carbocycles. The molecule has 1 fully saturated rings. The van der Waals surface area contributed by atoms with Gasteiger partial charge in [0.15, 0.2) is 13.9 Å². The number of hydrogen-bond acceptors (Lipinski definition) is 7. The normalized spacial score (nSPS) is 22.7. The van der Waals surface area contributed by atoms with Crippen LogP contribution in [0.3, 0.4) is 0 Å². The van der Waals surface area contributed by atoms with Crippen molar-refractivity contribution in [2.75, 3.05) is 23.0 Å². The molecule has 4 atom stereocenters. The van der Waals surface area contributed by atoms with Crippen molar-refractivity contribution >= 4 is 48.0 Å². The molecule has 3 aliphatic rings. The number of allylic oxidation sites excluding steroid dienone is 3. The number of rotatable bonds is 12. The Hall–Kier alpha value is -4.42. The quantitative estimate of drug-likeness (QED) is 0.118. The zero-order chi connectivity index (χ0) is 36.9. The van der Waals surface area contributed by atoms with Crippen molar-refractivity contribution in [1.29, 1.82) is 0 Å². The summed E-state index contributed by atoms with van der Waals surface area (Å²) in [6, 6.07) is 17.6. The maximum Gasteiger partial charge on any atom is 0.264 e. The number of carbonyl (C=O) groups excluding carboxylic acids is 2. The SMILES string of the molecule is CC(C)=CCC/C(C)=C/CN1C(=O)[C@]2(O[C@H](CCn3cc(CCO)nn3)[C@@H]([Si](C)(C)O)[C@@H]2C)c2cc(N3C(=O)c4cccc5cccc3c45)ccc21. The molecule has 2 N–H and O–H groups in total. The lowest BCUT2D eigenvalue weighted by atomic mass is 9.82. The van der Waals surface area contributed by atoms with Gasteiger partial charge in [0.05, 0.1) is 28.7 Å². The van der Waals surface area contributed by atoms with Gasteiger partial charge in [0.1, 0.15) is 0 Å². The molecule has 1 saturated heterocycles. The lowest BCUT2D eigenvalue weighted by molar-refractivity contribution is -0.145. The standard InChI is InChI=1S/C41H49N5O5Si/c1-26(2)10-7-11-27(3)18-22-45-34-17-16-31(46-35-15-9-13-29-12-8-14-32(37(29)35)39(46)48)24-33(34)41(40(45)49)28(4)38(52(5,6)50)36(51-41)19-21-44-25-30(20-23-47)42-43-44/h8-10,12-18,24-25,28,36,38,47,50H,7,11,19-23H2,1-6H3/b27-18+/t28-,36+,38-,41+/m0/s1. The zero-order valence-electron chi connectivity index (χ0n) is 31.0. The van der Waals surface area contributed by atoms with Gasteiger partial charge in [-0.15, -0.1) is 5.10 Å². The molecular formula is C41H49N5O5Si. The van der Waals surface area contributed by atoms with E-state index >= 15 is 4.79 Å². The van der Waals surface area contributed by atoms with Gasteiger partial charge in [-0.3, -0.25) is 19.2 Å². The van der Waals surface area contributed by atoms with E-state index in [0.717, 1.165) is 40.6 Å². The Balaban J connectivity index is 1.30. The second-order valence-corrected chi connectivity index (χ2v) is 19.4. The molecular weight excluding hydrogens is 671 g/mol. The molecule has 7 rings (SSSR count). The molecule has 3 aliphatic heterocycles. The number of anilines is 3. The lowest BCUT2D eigenvalue weighted by Crippen LogP contribution is -2.46. The summed E-state index contributed by atoms with van der Waals surface area (Å²) in [6.07, 6.45) is 8.52. The number of aliphatic hydroxyl groups excluding tert-OH is 1. The van der Waals surface area contributed by atoms with Crippen molar-refractivity contribution in [2.24, 2.45) is 5.92 Å². The van der Waals surface area contributed by atoms with Crippen LogP contribution < -0.4 is 9.80 Å². The van der Waals surface area contributed by atoms with Crippen LogP contribution >= 0.6 is 0 Å². The molecule has 3 aromatic carbocycles. The highest BCUT2D eigenvalue weighted by atomic mass is 28.4. The number of aryl methyl sites for hydroxylation is 1. The third-order valence-electron chi connectivity index (χ3n) is 11.1. The maximum absolute atomic E-state index is 15.1. The van der Waals surface area contributed by atoms with Gasteiger partial charge >= 0.3 is 0 Å². The van der Waals surface area contributed by atoms with Crippen LogP contribution in [0.25, 0.3) is 10.8 Å². The molecule has 0 radical (unpaired) electrons. The lowest BCUT2D eigenvalue weighted by Gasteiger charge is -2.32. The van der Waals surface area contributed by atoms with Gasteiger partial charge in [-0.2, -0.15) is 0 Å². The number of fused-ring (bicyclic) bond motifs is 2. The van der Waals surface area contributed by atoms with Crippen molar-refractivity contribution in [3.8, 4) is 0 Å². The molecule has 0 bridgehead atoms. The molecule has 52 heavy (non-hydrogen) atoms. The van der Waals surface area contributed by atoms with E-state index in [1.54, 1.807) is 9.58 Å². The van der Waals surface area contributed by atoms with E-state index in [0.29, 0.717) is 42.9 Å². The second-order valence-electron chi connectivity index (χ2n) is 15.4. The minimum atomic E-state index is -2.90. The summed E-state index contributed by atoms with van der Waals surface area (Å²) in [4.78, 5) is 44.5. The Morgan fingerprint density at radius 3 is 2.54 bits per heavy atom. The molecule has 4 heterocycles. The van der Waals surface area contributed by atoms with Crippen molar-refractivity contribution in [1.82, 2.24) is 15.0 Å². The number of amides is 2. The Morgan fingerprint density at radius 2 is 1.81 bits per heavy atom. The van der Waals surface area contributed by atoms with Crippen LogP contribution in [0, 0.1) is 5.92 Å². The average Bonchev–Trinajstić information content (AvgIpc) is 3.82. The fourth-order valence-corrected chi connectivity index (χ4v) is 11.3. The van der Waals surface area contributed by atoms with E-state index in [2.05, 4.69) is 43.2 Å². The number of ether oxygens (including phenoxy) is 1. The number of aromatic nitrogens is 3. The second kappa shape index (κ2) is 13.9. The number of carbonyl (C=O) groups is 2. The van der Waals surface area contributed by atoms with Gasteiger partial charge in [0, 0.05) is 60.4 Å². The summed E-state index contributed by atoms with van der Waals surface area (Å²) < 4.78 is 8.86. The molecule has 0 unspecified atom stereocenters. The average molecular weight is 720 g/mol. The number of benzene rings is 3. The molecule has 272 valence electrons. The van der Waals surface area contributed by atoms with Crippen LogP contribution in [0.1, 0.15) is 68.6 Å². The molecule has 0 saturated carbocycles. The summed E-state index contributed by atoms with van der Waals surface area (Å²) in [5.41, 5.74) is 5.20. The summed E-state index contributed by atoms with van der Waals surface area (Å²) in [6.45, 7) is 13.1. The predicted molar refractivity (Wildman–Crippen MR) is 206 cm³/mol. The minimum absolute atomic E-state index is 0.00865. The number of aliphatic hydroxyl groups is 1. The summed E-state index contributed by atoms with van der Waals surface area (Å²) in [5, 5.41) is 19.7. The van der Waals surface area contributed by atoms with E-state index in [1.165, 1.54) is 11.1 Å². The van der Waals surface area contributed by atoms with E-state index in [1.807, 2.05) is 85.7 Å². The maximum atomic E-state index is 15.1. The van der Waals surface area contributed by atoms with Crippen molar-refractivity contribution < 1.29 is 24.2 Å². The Morgan fingerprint density at radius 1 is 1.04 bits per heavy atom. The smallest absolute Gasteiger partial charge is 0.264 e. The molecule has 11 heteroatoms. The van der Waals surface area contributed by atoms with E-state index in [-0.39, 0.29) is 29.9 Å². The third kappa shape index (κ3) is 6.13. The van der Waals surface area contributed by atoms with E-state index in [4.69, 9.17) is 4.74 Å². The van der Waals surface area contributed by atoms with Crippen LogP contribution in [0.5, 0.6) is 0 Å². The first-order valence-corrected chi connectivity index (χ1v) is 21.4. The monoisotopic (exact) mass is 719 g/mol. The van der Waals surface area contributed by atoms with Gasteiger partial charge in [-0.1, -0.05) is 59.7 Å². The zero-order valence-corrected chi connectivity index (χ0v) is 32.0. The Kier molecular flexibility index (Phi) is 9.58. The fourth-order valence-electron chi connectivity index (χ4n) is 8.70. The largest absolute Gasteiger partial charge is 0.432 e. The summed E-state index contributed by atoms with van der Waals surface area (Å²) in [7, 11) is -2.90. The van der Waals surface area contributed by atoms with Crippen LogP contribution in [0.15, 0.2) is 84.1 Å². The topological polar surface area (TPSA) is 121 Å². The number of hydrogen-bond donors (Lipinski definition) is 2. The fraction of sp³-hybridized carbons (Fsp3) is 0.415. The van der Waals surface area contributed by atoms with Gasteiger partial charge in [0.25, 0.3) is 11.8 Å².